The zero-order chi connectivity index (χ0) is 25.0. The summed E-state index contributed by atoms with van der Waals surface area (Å²) in [4.78, 5) is 21.8. The van der Waals surface area contributed by atoms with Crippen LogP contribution in [0.4, 0.5) is 0 Å². The van der Waals surface area contributed by atoms with Crippen molar-refractivity contribution in [1.29, 1.82) is 0 Å². The molecular formula is C28H35N4O2S+. The monoisotopic (exact) mass is 491 g/mol. The lowest BCUT2D eigenvalue weighted by molar-refractivity contribution is -1.07. The Bertz CT molecular complexity index is 1310. The summed E-state index contributed by atoms with van der Waals surface area (Å²) in [7, 11) is 3.57. The van der Waals surface area contributed by atoms with Crippen molar-refractivity contribution in [3.63, 3.8) is 0 Å². The molecule has 0 aliphatic heterocycles. The molecule has 2 aromatic carbocycles. The van der Waals surface area contributed by atoms with E-state index in [4.69, 9.17) is 4.98 Å². The summed E-state index contributed by atoms with van der Waals surface area (Å²) in [5.41, 5.74) is 3.50. The second-order valence-corrected chi connectivity index (χ2v) is 10.6. The van der Waals surface area contributed by atoms with E-state index >= 15 is 0 Å². The fourth-order valence-electron chi connectivity index (χ4n) is 4.39. The van der Waals surface area contributed by atoms with Crippen LogP contribution in [0, 0.1) is 6.92 Å². The largest absolute Gasteiger partial charge is 0.290 e. The van der Waals surface area contributed by atoms with Crippen molar-refractivity contribution in [2.24, 2.45) is 0 Å². The number of benzene rings is 2. The topological polar surface area (TPSA) is 58.4 Å². The Morgan fingerprint density at radius 1 is 1.06 bits per heavy atom. The Morgan fingerprint density at radius 3 is 2.43 bits per heavy atom. The fourth-order valence-corrected chi connectivity index (χ4v) is 5.15. The van der Waals surface area contributed by atoms with Gasteiger partial charge in [0.05, 0.1) is 38.6 Å². The number of fused-ring (bicyclic) bond motifs is 1. The predicted octanol–water partition coefficient (Wildman–Crippen LogP) is 5.23. The zero-order valence-electron chi connectivity index (χ0n) is 21.0. The van der Waals surface area contributed by atoms with Gasteiger partial charge in [-0.3, -0.25) is 14.3 Å². The Morgan fingerprint density at radius 2 is 1.77 bits per heavy atom. The third-order valence-electron chi connectivity index (χ3n) is 6.36. The van der Waals surface area contributed by atoms with Gasteiger partial charge in [0.1, 0.15) is 17.2 Å². The maximum Gasteiger partial charge on any atom is 0.262 e. The van der Waals surface area contributed by atoms with Gasteiger partial charge in [-0.05, 0) is 35.9 Å². The first-order valence-corrected chi connectivity index (χ1v) is 13.0. The molecule has 0 amide bonds. The molecule has 1 N–H and O–H groups in total. The van der Waals surface area contributed by atoms with E-state index in [0.717, 1.165) is 22.6 Å². The number of rotatable bonds is 10. The SMILES string of the molecule is CCC(c1nc2sccc2c(=O)n1Cc1ccccc1)N(CC[N+](C)(C)O)Cc1ccc(C)cc1. The van der Waals surface area contributed by atoms with Gasteiger partial charge < -0.3 is 0 Å². The normalized spacial score (nSPS) is 13.0. The number of hydroxylamine groups is 3. The summed E-state index contributed by atoms with van der Waals surface area (Å²) in [5, 5.41) is 13.0. The molecule has 35 heavy (non-hydrogen) atoms. The molecule has 0 aliphatic carbocycles. The highest BCUT2D eigenvalue weighted by Crippen LogP contribution is 2.27. The molecule has 184 valence electrons. The van der Waals surface area contributed by atoms with Gasteiger partial charge in [-0.2, -0.15) is 4.65 Å². The number of aromatic nitrogens is 2. The maximum atomic E-state index is 13.6. The summed E-state index contributed by atoms with van der Waals surface area (Å²) in [6, 6.07) is 20.4. The van der Waals surface area contributed by atoms with Crippen LogP contribution in [0.2, 0.25) is 0 Å². The first-order chi connectivity index (χ1) is 16.7. The average molecular weight is 492 g/mol. The van der Waals surface area contributed by atoms with E-state index in [2.05, 4.69) is 43.0 Å². The lowest BCUT2D eigenvalue weighted by atomic mass is 10.1. The molecule has 0 aliphatic rings. The second kappa shape index (κ2) is 10.8. The molecule has 1 atom stereocenters. The minimum Gasteiger partial charge on any atom is -0.290 e. The zero-order valence-corrected chi connectivity index (χ0v) is 21.8. The molecule has 0 saturated heterocycles. The van der Waals surface area contributed by atoms with E-state index in [9.17, 15) is 10.0 Å². The summed E-state index contributed by atoms with van der Waals surface area (Å²) < 4.78 is 1.73. The van der Waals surface area contributed by atoms with E-state index in [1.807, 2.05) is 46.3 Å². The van der Waals surface area contributed by atoms with Gasteiger partial charge in [-0.15, -0.1) is 11.3 Å². The number of hydrogen-bond donors (Lipinski definition) is 1. The van der Waals surface area contributed by atoms with E-state index < -0.39 is 0 Å². The van der Waals surface area contributed by atoms with Gasteiger partial charge in [-0.25, -0.2) is 10.2 Å². The Kier molecular flexibility index (Phi) is 7.82. The highest BCUT2D eigenvalue weighted by molar-refractivity contribution is 7.16. The van der Waals surface area contributed by atoms with E-state index in [1.54, 1.807) is 14.1 Å². The molecule has 2 heterocycles. The van der Waals surface area contributed by atoms with Crippen LogP contribution in [0.25, 0.3) is 10.2 Å². The molecule has 2 aromatic heterocycles. The Hall–Kier alpha value is -2.84. The van der Waals surface area contributed by atoms with Crippen LogP contribution in [-0.4, -0.2) is 51.5 Å². The van der Waals surface area contributed by atoms with Crippen LogP contribution in [0.3, 0.4) is 0 Å². The van der Waals surface area contributed by atoms with Crippen molar-refractivity contribution in [3.8, 4) is 0 Å². The summed E-state index contributed by atoms with van der Waals surface area (Å²) in [5.74, 6) is 0.784. The molecule has 6 nitrogen and oxygen atoms in total. The van der Waals surface area contributed by atoms with Crippen LogP contribution >= 0.6 is 11.3 Å². The van der Waals surface area contributed by atoms with E-state index in [1.165, 1.54) is 22.5 Å². The van der Waals surface area contributed by atoms with Crippen molar-refractivity contribution in [1.82, 2.24) is 14.5 Å². The maximum absolute atomic E-state index is 13.6. The highest BCUT2D eigenvalue weighted by Gasteiger charge is 2.27. The molecule has 0 radical (unpaired) electrons. The molecule has 0 saturated carbocycles. The van der Waals surface area contributed by atoms with Gasteiger partial charge in [0.25, 0.3) is 5.56 Å². The first kappa shape index (κ1) is 25.3. The van der Waals surface area contributed by atoms with Crippen LogP contribution in [-0.2, 0) is 13.1 Å². The number of quaternary nitrogens is 1. The Balaban J connectivity index is 1.79. The molecule has 0 fully saturated rings. The van der Waals surface area contributed by atoms with Crippen LogP contribution in [0.15, 0.2) is 70.8 Å². The number of likely N-dealkylation sites (N-methyl/N-ethyl adjacent to an activating group) is 1. The van der Waals surface area contributed by atoms with Crippen molar-refractivity contribution in [3.05, 3.63) is 98.9 Å². The second-order valence-electron chi connectivity index (χ2n) is 9.71. The number of thiophene rings is 1. The lowest BCUT2D eigenvalue weighted by Crippen LogP contribution is -2.44. The summed E-state index contributed by atoms with van der Waals surface area (Å²) >= 11 is 1.51. The molecule has 0 spiro atoms. The third kappa shape index (κ3) is 6.24. The van der Waals surface area contributed by atoms with Crippen molar-refractivity contribution in [2.75, 3.05) is 27.2 Å². The predicted molar refractivity (Wildman–Crippen MR) is 143 cm³/mol. The lowest BCUT2D eigenvalue weighted by Gasteiger charge is -2.33. The number of hydrogen-bond acceptors (Lipinski definition) is 5. The van der Waals surface area contributed by atoms with E-state index in [0.29, 0.717) is 31.6 Å². The third-order valence-corrected chi connectivity index (χ3v) is 7.17. The van der Waals surface area contributed by atoms with Gasteiger partial charge in [0.2, 0.25) is 0 Å². The fraction of sp³-hybridized carbons (Fsp3) is 0.357. The summed E-state index contributed by atoms with van der Waals surface area (Å²) in [6.45, 7) is 6.65. The molecule has 0 bridgehead atoms. The summed E-state index contributed by atoms with van der Waals surface area (Å²) in [6.07, 6.45) is 0.794. The van der Waals surface area contributed by atoms with Gasteiger partial charge in [0, 0.05) is 6.54 Å². The standard InChI is InChI=1S/C28H35N4O2S/c1-5-25(30(16-17-32(3,4)34)19-23-13-11-21(2)12-14-23)26-29-27-24(15-18-35-27)28(33)31(26)20-22-9-7-6-8-10-22/h6-15,18,25,34H,5,16-17,19-20H2,1-4H3/q+1. The van der Waals surface area contributed by atoms with Crippen LogP contribution in [0.1, 0.15) is 41.9 Å². The van der Waals surface area contributed by atoms with Crippen molar-refractivity contribution < 1.29 is 9.85 Å². The smallest absolute Gasteiger partial charge is 0.262 e. The molecule has 7 heteroatoms. The number of aryl methyl sites for hydroxylation is 1. The van der Waals surface area contributed by atoms with Crippen molar-refractivity contribution >= 4 is 21.6 Å². The van der Waals surface area contributed by atoms with Crippen molar-refractivity contribution in [2.45, 2.75) is 39.4 Å². The van der Waals surface area contributed by atoms with Gasteiger partial charge in [-0.1, -0.05) is 67.1 Å². The molecule has 4 rings (SSSR count). The number of nitrogens with zero attached hydrogens (tertiary/aromatic N) is 4. The van der Waals surface area contributed by atoms with Gasteiger partial charge in [0.15, 0.2) is 0 Å². The van der Waals surface area contributed by atoms with Crippen LogP contribution < -0.4 is 5.56 Å². The minimum absolute atomic E-state index is 0.00195. The Labute approximate surface area is 211 Å². The van der Waals surface area contributed by atoms with Crippen LogP contribution in [0.5, 0.6) is 0 Å². The average Bonchev–Trinajstić information content (AvgIpc) is 3.30. The highest BCUT2D eigenvalue weighted by atomic mass is 32.1. The first-order valence-electron chi connectivity index (χ1n) is 12.1. The van der Waals surface area contributed by atoms with Gasteiger partial charge >= 0.3 is 0 Å². The molecular weight excluding hydrogens is 456 g/mol. The van der Waals surface area contributed by atoms with E-state index in [-0.39, 0.29) is 16.2 Å². The quantitative estimate of drug-likeness (QED) is 0.244. The molecule has 4 aromatic rings. The molecule has 1 unspecified atom stereocenters. The minimum atomic E-state index is -0.116.